The fourth-order valence-corrected chi connectivity index (χ4v) is 5.37. The van der Waals surface area contributed by atoms with Crippen LogP contribution in [-0.4, -0.2) is 45.7 Å². The number of nitrogens with zero attached hydrogens (tertiary/aromatic N) is 7. The number of imidazole rings is 1. The van der Waals surface area contributed by atoms with Crippen LogP contribution in [0.25, 0.3) is 33.6 Å². The molecule has 0 saturated carbocycles. The van der Waals surface area contributed by atoms with Gasteiger partial charge in [0.25, 0.3) is 0 Å². The minimum absolute atomic E-state index is 0.0956. The van der Waals surface area contributed by atoms with Gasteiger partial charge in [-0.05, 0) is 63.6 Å². The summed E-state index contributed by atoms with van der Waals surface area (Å²) in [7, 11) is 1.89. The van der Waals surface area contributed by atoms with Crippen LogP contribution in [0.3, 0.4) is 0 Å². The van der Waals surface area contributed by atoms with Crippen LogP contribution < -0.4 is 0 Å². The molecule has 0 unspecified atom stereocenters. The number of aromatic nitrogens is 8. The largest absolute Gasteiger partial charge is 0.321 e. The molecule has 0 bridgehead atoms. The maximum absolute atomic E-state index is 13.4. The summed E-state index contributed by atoms with van der Waals surface area (Å²) in [4.78, 5) is 18.0. The number of carbonyl (C=O) groups is 1. The SMILES string of the molecule is CCCCc1ncc(C(=O)CCc2cnn(C)c2)n1Cc1ccc(-c2cc(-c3ccccc3)ccc2-c2nn[nH]n2)cc1. The van der Waals surface area contributed by atoms with Crippen LogP contribution in [-0.2, 0) is 26.4 Å². The van der Waals surface area contributed by atoms with Gasteiger partial charge in [-0.1, -0.05) is 74.0 Å². The monoisotopic (exact) mass is 570 g/mol. The maximum Gasteiger partial charge on any atom is 0.205 e. The molecule has 6 rings (SSSR count). The molecule has 0 aliphatic rings. The number of carbonyl (C=O) groups excluding carboxylic acids is 1. The first kappa shape index (κ1) is 28.0. The van der Waals surface area contributed by atoms with Gasteiger partial charge in [-0.2, -0.15) is 10.3 Å². The zero-order chi connectivity index (χ0) is 29.6. The fraction of sp³-hybridized carbons (Fsp3) is 0.235. The normalized spacial score (nSPS) is 11.2. The van der Waals surface area contributed by atoms with Gasteiger partial charge in [0.15, 0.2) is 5.78 Å². The molecular weight excluding hydrogens is 536 g/mol. The van der Waals surface area contributed by atoms with Crippen LogP contribution in [0.5, 0.6) is 0 Å². The van der Waals surface area contributed by atoms with E-state index in [1.165, 1.54) is 0 Å². The summed E-state index contributed by atoms with van der Waals surface area (Å²) in [6.45, 7) is 2.75. The molecule has 43 heavy (non-hydrogen) atoms. The lowest BCUT2D eigenvalue weighted by molar-refractivity contribution is 0.0974. The quantitative estimate of drug-likeness (QED) is 0.172. The van der Waals surface area contributed by atoms with E-state index in [2.05, 4.69) is 90.7 Å². The lowest BCUT2D eigenvalue weighted by Gasteiger charge is -2.14. The predicted octanol–water partition coefficient (Wildman–Crippen LogP) is 6.34. The summed E-state index contributed by atoms with van der Waals surface area (Å²) in [6, 6.07) is 25.1. The Labute approximate surface area is 250 Å². The number of ketones is 1. The molecule has 216 valence electrons. The van der Waals surface area contributed by atoms with Crippen molar-refractivity contribution in [3.05, 3.63) is 114 Å². The topological polar surface area (TPSA) is 107 Å². The number of hydrogen-bond acceptors (Lipinski definition) is 6. The van der Waals surface area contributed by atoms with Gasteiger partial charge in [0, 0.05) is 38.2 Å². The summed E-state index contributed by atoms with van der Waals surface area (Å²) >= 11 is 0. The summed E-state index contributed by atoms with van der Waals surface area (Å²) in [5, 5.41) is 19.1. The number of H-pyrrole nitrogens is 1. The molecule has 0 amide bonds. The van der Waals surface area contributed by atoms with Gasteiger partial charge in [0.1, 0.15) is 11.5 Å². The molecule has 3 heterocycles. The van der Waals surface area contributed by atoms with Crippen molar-refractivity contribution >= 4 is 5.78 Å². The Kier molecular flexibility index (Phi) is 8.31. The van der Waals surface area contributed by atoms with Crippen LogP contribution in [0, 0.1) is 0 Å². The van der Waals surface area contributed by atoms with E-state index in [0.29, 0.717) is 30.9 Å². The predicted molar refractivity (Wildman–Crippen MR) is 166 cm³/mol. The second-order valence-electron chi connectivity index (χ2n) is 10.8. The van der Waals surface area contributed by atoms with Crippen molar-refractivity contribution < 1.29 is 4.79 Å². The minimum atomic E-state index is 0.0956. The van der Waals surface area contributed by atoms with E-state index in [-0.39, 0.29) is 5.78 Å². The highest BCUT2D eigenvalue weighted by atomic mass is 16.1. The number of benzene rings is 3. The van der Waals surface area contributed by atoms with E-state index < -0.39 is 0 Å². The van der Waals surface area contributed by atoms with Gasteiger partial charge in [-0.3, -0.25) is 9.48 Å². The Morgan fingerprint density at radius 3 is 2.40 bits per heavy atom. The number of tetrazole rings is 1. The summed E-state index contributed by atoms with van der Waals surface area (Å²) in [6.07, 6.45) is 9.52. The highest BCUT2D eigenvalue weighted by Gasteiger charge is 2.18. The minimum Gasteiger partial charge on any atom is -0.321 e. The van der Waals surface area contributed by atoms with E-state index in [9.17, 15) is 4.79 Å². The number of aromatic amines is 1. The highest BCUT2D eigenvalue weighted by Crippen LogP contribution is 2.34. The van der Waals surface area contributed by atoms with Gasteiger partial charge in [0.05, 0.1) is 12.4 Å². The molecule has 0 aliphatic carbocycles. The van der Waals surface area contributed by atoms with Crippen molar-refractivity contribution in [1.29, 1.82) is 0 Å². The van der Waals surface area contributed by atoms with Crippen molar-refractivity contribution in [1.82, 2.24) is 40.0 Å². The smallest absolute Gasteiger partial charge is 0.205 e. The summed E-state index contributed by atoms with van der Waals surface area (Å²) < 4.78 is 3.86. The zero-order valence-corrected chi connectivity index (χ0v) is 24.4. The number of aryl methyl sites for hydroxylation is 3. The first-order valence-corrected chi connectivity index (χ1v) is 14.7. The first-order valence-electron chi connectivity index (χ1n) is 14.7. The van der Waals surface area contributed by atoms with E-state index in [4.69, 9.17) is 0 Å². The number of hydrogen-bond donors (Lipinski definition) is 1. The number of nitrogens with one attached hydrogen (secondary N) is 1. The van der Waals surface area contributed by atoms with Crippen molar-refractivity contribution in [3.63, 3.8) is 0 Å². The van der Waals surface area contributed by atoms with E-state index >= 15 is 0 Å². The third-order valence-corrected chi connectivity index (χ3v) is 7.70. The average Bonchev–Trinajstić information content (AvgIpc) is 3.82. The molecule has 9 nitrogen and oxygen atoms in total. The summed E-state index contributed by atoms with van der Waals surface area (Å²) in [5.74, 6) is 1.59. The van der Waals surface area contributed by atoms with Crippen molar-refractivity contribution in [3.8, 4) is 33.6 Å². The second kappa shape index (κ2) is 12.8. The molecule has 0 radical (unpaired) electrons. The standard InChI is InChI=1S/C34H34N8O/c1-3-4-10-33-35-21-31(32(43)18-13-25-20-36-41(2)22-25)42(33)23-24-11-14-27(15-12-24)30-19-28(26-8-6-5-7-9-26)16-17-29(30)34-37-39-40-38-34/h5-9,11-12,14-17,19-22H,3-4,10,13,18,23H2,1-2H3,(H,37,38,39,40). The maximum atomic E-state index is 13.4. The lowest BCUT2D eigenvalue weighted by Crippen LogP contribution is -2.13. The van der Waals surface area contributed by atoms with Gasteiger partial charge >= 0.3 is 0 Å². The van der Waals surface area contributed by atoms with Crippen LogP contribution in [0.2, 0.25) is 0 Å². The molecule has 0 saturated heterocycles. The zero-order valence-electron chi connectivity index (χ0n) is 24.4. The van der Waals surface area contributed by atoms with Crippen LogP contribution in [0.15, 0.2) is 91.4 Å². The first-order chi connectivity index (χ1) is 21.1. The van der Waals surface area contributed by atoms with Crippen molar-refractivity contribution in [2.45, 2.75) is 45.6 Å². The summed E-state index contributed by atoms with van der Waals surface area (Å²) in [5.41, 5.74) is 8.04. The van der Waals surface area contributed by atoms with Gasteiger partial charge in [-0.25, -0.2) is 4.98 Å². The third-order valence-electron chi connectivity index (χ3n) is 7.70. The molecule has 0 atom stereocenters. The number of Topliss-reactive ketones (excluding diaryl/α,β-unsaturated/α-hetero) is 1. The Balaban J connectivity index is 1.28. The van der Waals surface area contributed by atoms with Crippen LogP contribution in [0.4, 0.5) is 0 Å². The van der Waals surface area contributed by atoms with Crippen LogP contribution in [0.1, 0.15) is 53.6 Å². The second-order valence-corrected chi connectivity index (χ2v) is 10.8. The lowest BCUT2D eigenvalue weighted by atomic mass is 9.93. The molecule has 3 aromatic carbocycles. The molecule has 0 spiro atoms. The molecule has 6 aromatic rings. The molecule has 9 heteroatoms. The third kappa shape index (κ3) is 6.35. The fourth-order valence-electron chi connectivity index (χ4n) is 5.37. The van der Waals surface area contributed by atoms with E-state index in [1.54, 1.807) is 10.9 Å². The van der Waals surface area contributed by atoms with E-state index in [0.717, 1.165) is 64.0 Å². The van der Waals surface area contributed by atoms with E-state index in [1.807, 2.05) is 43.7 Å². The number of rotatable bonds is 12. The Bertz CT molecular complexity index is 1800. The Morgan fingerprint density at radius 2 is 1.67 bits per heavy atom. The van der Waals surface area contributed by atoms with Gasteiger partial charge in [0.2, 0.25) is 5.82 Å². The Hall–Kier alpha value is -5.18. The molecule has 3 aromatic heterocycles. The van der Waals surface area contributed by atoms with Gasteiger partial charge < -0.3 is 4.57 Å². The highest BCUT2D eigenvalue weighted by molar-refractivity contribution is 5.94. The molecule has 1 N–H and O–H groups in total. The van der Waals surface area contributed by atoms with Gasteiger partial charge in [-0.15, -0.1) is 10.2 Å². The number of unbranched alkanes of at least 4 members (excludes halogenated alkanes) is 1. The molecule has 0 fully saturated rings. The van der Waals surface area contributed by atoms with Crippen molar-refractivity contribution in [2.75, 3.05) is 0 Å². The average molecular weight is 571 g/mol. The van der Waals surface area contributed by atoms with Crippen molar-refractivity contribution in [2.24, 2.45) is 7.05 Å². The van der Waals surface area contributed by atoms with Crippen LogP contribution >= 0.6 is 0 Å². The molecular formula is C34H34N8O. The Morgan fingerprint density at radius 1 is 0.860 bits per heavy atom. The molecule has 0 aliphatic heterocycles.